The van der Waals surface area contributed by atoms with Crippen molar-refractivity contribution in [2.75, 3.05) is 0 Å². The van der Waals surface area contributed by atoms with E-state index in [0.29, 0.717) is 11.7 Å². The molecule has 1 aromatic carbocycles. The number of benzene rings is 1. The number of aromatic carboxylic acids is 1. The summed E-state index contributed by atoms with van der Waals surface area (Å²) in [4.78, 5) is 11.0. The molecule has 0 aromatic heterocycles. The van der Waals surface area contributed by atoms with Crippen LogP contribution in [-0.4, -0.2) is 17.2 Å². The second kappa shape index (κ2) is 5.43. The first-order chi connectivity index (χ1) is 9.65. The van der Waals surface area contributed by atoms with E-state index < -0.39 is 11.8 Å². The van der Waals surface area contributed by atoms with Crippen molar-refractivity contribution in [1.29, 1.82) is 0 Å². The van der Waals surface area contributed by atoms with Crippen LogP contribution in [0.3, 0.4) is 0 Å². The minimum atomic E-state index is -1.21. The van der Waals surface area contributed by atoms with Crippen LogP contribution >= 0.6 is 0 Å². The highest BCUT2D eigenvalue weighted by atomic mass is 19.1. The van der Waals surface area contributed by atoms with Crippen LogP contribution in [0.4, 0.5) is 4.39 Å². The molecule has 1 N–H and O–H groups in total. The Morgan fingerprint density at radius 1 is 1.15 bits per heavy atom. The van der Waals surface area contributed by atoms with Gasteiger partial charge in [-0.1, -0.05) is 6.42 Å². The summed E-state index contributed by atoms with van der Waals surface area (Å²) in [6, 6.07) is 2.74. The largest absolute Gasteiger partial charge is 0.490 e. The van der Waals surface area contributed by atoms with Crippen LogP contribution in [0.15, 0.2) is 12.1 Å². The predicted octanol–water partition coefficient (Wildman–Crippen LogP) is 4.11. The molecule has 108 valence electrons. The van der Waals surface area contributed by atoms with Crippen LogP contribution in [0.25, 0.3) is 0 Å². The van der Waals surface area contributed by atoms with E-state index in [1.165, 1.54) is 18.6 Å². The average molecular weight is 278 g/mol. The molecule has 3 nitrogen and oxygen atoms in total. The van der Waals surface area contributed by atoms with Crippen molar-refractivity contribution in [2.24, 2.45) is 0 Å². The minimum Gasteiger partial charge on any atom is -0.490 e. The number of ether oxygens (including phenoxy) is 1. The normalized spacial score (nSPS) is 19.9. The molecule has 2 saturated carbocycles. The Labute approximate surface area is 117 Å². The standard InChI is InChI=1S/C16H19FO3/c17-14-9-15(20-11-4-2-1-3-5-11)12(10-6-7-10)8-13(14)16(18)19/h8-11H,1-7H2,(H,18,19). The number of hydrogen-bond acceptors (Lipinski definition) is 2. The smallest absolute Gasteiger partial charge is 0.338 e. The second-order valence-electron chi connectivity index (χ2n) is 5.83. The fraction of sp³-hybridized carbons (Fsp3) is 0.562. The van der Waals surface area contributed by atoms with Gasteiger partial charge in [-0.3, -0.25) is 0 Å². The highest BCUT2D eigenvalue weighted by molar-refractivity contribution is 5.88. The molecule has 0 aliphatic heterocycles. The van der Waals surface area contributed by atoms with E-state index in [-0.39, 0.29) is 11.7 Å². The van der Waals surface area contributed by atoms with Gasteiger partial charge in [0.15, 0.2) is 0 Å². The van der Waals surface area contributed by atoms with Crippen molar-refractivity contribution in [1.82, 2.24) is 0 Å². The molecule has 0 heterocycles. The molecule has 0 bridgehead atoms. The number of hydrogen-bond donors (Lipinski definition) is 1. The summed E-state index contributed by atoms with van der Waals surface area (Å²) >= 11 is 0. The van der Waals surface area contributed by atoms with E-state index in [1.54, 1.807) is 0 Å². The Morgan fingerprint density at radius 3 is 2.45 bits per heavy atom. The van der Waals surface area contributed by atoms with Gasteiger partial charge in [0.05, 0.1) is 11.7 Å². The third-order valence-corrected chi connectivity index (χ3v) is 4.19. The molecule has 2 aliphatic carbocycles. The predicted molar refractivity (Wildman–Crippen MR) is 72.8 cm³/mol. The lowest BCUT2D eigenvalue weighted by molar-refractivity contribution is 0.0691. The molecule has 3 rings (SSSR count). The third-order valence-electron chi connectivity index (χ3n) is 4.19. The summed E-state index contributed by atoms with van der Waals surface area (Å²) in [6.07, 6.45) is 7.77. The quantitative estimate of drug-likeness (QED) is 0.901. The molecule has 0 spiro atoms. The van der Waals surface area contributed by atoms with Crippen LogP contribution in [0.5, 0.6) is 5.75 Å². The van der Waals surface area contributed by atoms with Gasteiger partial charge >= 0.3 is 5.97 Å². The van der Waals surface area contributed by atoms with E-state index >= 15 is 0 Å². The van der Waals surface area contributed by atoms with Crippen molar-refractivity contribution in [3.8, 4) is 5.75 Å². The Morgan fingerprint density at radius 2 is 1.85 bits per heavy atom. The molecule has 0 radical (unpaired) electrons. The first-order valence-corrected chi connectivity index (χ1v) is 7.38. The summed E-state index contributed by atoms with van der Waals surface area (Å²) in [5.41, 5.74) is 0.622. The number of rotatable bonds is 4. The zero-order valence-electron chi connectivity index (χ0n) is 11.4. The van der Waals surface area contributed by atoms with Crippen molar-refractivity contribution in [3.63, 3.8) is 0 Å². The number of carboxylic acid groups (broad SMARTS) is 1. The zero-order valence-corrected chi connectivity index (χ0v) is 11.4. The number of halogens is 1. The molecule has 0 amide bonds. The van der Waals surface area contributed by atoms with Gasteiger partial charge in [-0.15, -0.1) is 0 Å². The molecule has 0 atom stereocenters. The van der Waals surface area contributed by atoms with E-state index in [2.05, 4.69) is 0 Å². The van der Waals surface area contributed by atoms with E-state index in [0.717, 1.165) is 44.1 Å². The van der Waals surface area contributed by atoms with Gasteiger partial charge in [0.1, 0.15) is 11.6 Å². The minimum absolute atomic E-state index is 0.149. The molecule has 0 saturated heterocycles. The van der Waals surface area contributed by atoms with Crippen molar-refractivity contribution in [2.45, 2.75) is 57.0 Å². The maximum Gasteiger partial charge on any atom is 0.338 e. The number of carboxylic acids is 1. The van der Waals surface area contributed by atoms with Gasteiger partial charge in [-0.2, -0.15) is 0 Å². The first-order valence-electron chi connectivity index (χ1n) is 7.38. The lowest BCUT2D eigenvalue weighted by atomic mass is 9.97. The maximum atomic E-state index is 13.9. The summed E-state index contributed by atoms with van der Waals surface area (Å²) in [5.74, 6) is -1.02. The van der Waals surface area contributed by atoms with Crippen molar-refractivity contribution < 1.29 is 19.0 Å². The van der Waals surface area contributed by atoms with Gasteiger partial charge in [0.25, 0.3) is 0 Å². The third kappa shape index (κ3) is 2.79. The summed E-state index contributed by atoms with van der Waals surface area (Å²) < 4.78 is 19.8. The molecule has 0 unspecified atom stereocenters. The Hall–Kier alpha value is -1.58. The van der Waals surface area contributed by atoms with Crippen molar-refractivity contribution in [3.05, 3.63) is 29.1 Å². The van der Waals surface area contributed by atoms with Crippen LogP contribution in [0, 0.1) is 5.82 Å². The van der Waals surface area contributed by atoms with Gasteiger partial charge in [-0.25, -0.2) is 9.18 Å². The fourth-order valence-electron chi connectivity index (χ4n) is 2.91. The first kappa shape index (κ1) is 13.4. The molecule has 20 heavy (non-hydrogen) atoms. The summed E-state index contributed by atoms with van der Waals surface area (Å²) in [7, 11) is 0. The lowest BCUT2D eigenvalue weighted by Crippen LogP contribution is -2.20. The monoisotopic (exact) mass is 278 g/mol. The number of carbonyl (C=O) groups is 1. The van der Waals surface area contributed by atoms with Gasteiger partial charge in [0, 0.05) is 6.07 Å². The fourth-order valence-corrected chi connectivity index (χ4v) is 2.91. The molecular weight excluding hydrogens is 259 g/mol. The van der Waals surface area contributed by atoms with E-state index in [4.69, 9.17) is 9.84 Å². The summed E-state index contributed by atoms with van der Waals surface area (Å²) in [6.45, 7) is 0. The molecule has 4 heteroatoms. The van der Waals surface area contributed by atoms with Crippen LogP contribution in [0.1, 0.15) is 66.8 Å². The van der Waals surface area contributed by atoms with Crippen molar-refractivity contribution >= 4 is 5.97 Å². The molecule has 2 fully saturated rings. The SMILES string of the molecule is O=C(O)c1cc(C2CC2)c(OC2CCCCC2)cc1F. The Bertz CT molecular complexity index is 517. The highest BCUT2D eigenvalue weighted by Gasteiger charge is 2.30. The van der Waals surface area contributed by atoms with Crippen LogP contribution in [-0.2, 0) is 0 Å². The zero-order chi connectivity index (χ0) is 14.1. The van der Waals surface area contributed by atoms with Gasteiger partial charge in [0.2, 0.25) is 0 Å². The van der Waals surface area contributed by atoms with Crippen LogP contribution in [0.2, 0.25) is 0 Å². The van der Waals surface area contributed by atoms with Gasteiger partial charge in [-0.05, 0) is 56.1 Å². The average Bonchev–Trinajstić information content (AvgIpc) is 3.24. The molecule has 1 aromatic rings. The van der Waals surface area contributed by atoms with Gasteiger partial charge < -0.3 is 9.84 Å². The van der Waals surface area contributed by atoms with E-state index in [9.17, 15) is 9.18 Å². The molecule has 2 aliphatic rings. The topological polar surface area (TPSA) is 46.5 Å². The van der Waals surface area contributed by atoms with Crippen LogP contribution < -0.4 is 4.74 Å². The lowest BCUT2D eigenvalue weighted by Gasteiger charge is -2.24. The molecular formula is C16H19FO3. The second-order valence-corrected chi connectivity index (χ2v) is 5.83. The van der Waals surface area contributed by atoms with E-state index in [1.807, 2.05) is 0 Å². The Balaban J connectivity index is 1.88. The maximum absolute atomic E-state index is 13.9. The summed E-state index contributed by atoms with van der Waals surface area (Å²) in [5, 5.41) is 9.02. The highest BCUT2D eigenvalue weighted by Crippen LogP contribution is 2.45. The Kier molecular flexibility index (Phi) is 3.64.